The Morgan fingerprint density at radius 2 is 1.85 bits per heavy atom. The first kappa shape index (κ1) is 18.4. The summed E-state index contributed by atoms with van der Waals surface area (Å²) in [5.41, 5.74) is 3.16. The largest absolute Gasteiger partial charge is 0.351 e. The molecule has 3 rings (SSSR count). The molecular weight excluding hydrogens is 324 g/mol. The van der Waals surface area contributed by atoms with Gasteiger partial charge in [0.15, 0.2) is 0 Å². The molecule has 1 saturated carbocycles. The smallest absolute Gasteiger partial charge is 0.274 e. The molecule has 2 N–H and O–H groups in total. The van der Waals surface area contributed by atoms with Crippen molar-refractivity contribution >= 4 is 17.5 Å². The SMILES string of the molecule is CCc1ccccc1NC(=O)c1cc(C)nc(NC2CCCCCC2)n1. The Balaban J connectivity index is 1.74. The molecule has 2 aromatic rings. The highest BCUT2D eigenvalue weighted by Gasteiger charge is 2.16. The van der Waals surface area contributed by atoms with Gasteiger partial charge in [0.25, 0.3) is 5.91 Å². The number of rotatable bonds is 5. The number of carbonyl (C=O) groups is 1. The molecule has 0 spiro atoms. The first-order valence-corrected chi connectivity index (χ1v) is 9.67. The van der Waals surface area contributed by atoms with E-state index in [2.05, 4.69) is 27.5 Å². The van der Waals surface area contributed by atoms with Gasteiger partial charge >= 0.3 is 0 Å². The molecule has 1 amide bonds. The van der Waals surface area contributed by atoms with Crippen molar-refractivity contribution in [2.45, 2.75) is 64.8 Å². The van der Waals surface area contributed by atoms with Crippen molar-refractivity contribution in [3.8, 4) is 0 Å². The van der Waals surface area contributed by atoms with Crippen LogP contribution < -0.4 is 10.6 Å². The van der Waals surface area contributed by atoms with E-state index in [0.717, 1.165) is 36.2 Å². The van der Waals surface area contributed by atoms with E-state index in [4.69, 9.17) is 0 Å². The molecule has 138 valence electrons. The van der Waals surface area contributed by atoms with Crippen LogP contribution in [0.5, 0.6) is 0 Å². The second kappa shape index (κ2) is 8.79. The number of nitrogens with zero attached hydrogens (tertiary/aromatic N) is 2. The number of amides is 1. The quantitative estimate of drug-likeness (QED) is 0.763. The third-order valence-corrected chi connectivity index (χ3v) is 4.92. The molecule has 26 heavy (non-hydrogen) atoms. The van der Waals surface area contributed by atoms with Gasteiger partial charge in [-0.1, -0.05) is 50.8 Å². The van der Waals surface area contributed by atoms with Gasteiger partial charge in [0, 0.05) is 17.4 Å². The van der Waals surface area contributed by atoms with Gasteiger partial charge in [0.2, 0.25) is 5.95 Å². The number of benzene rings is 1. The average molecular weight is 352 g/mol. The number of aryl methyl sites for hydroxylation is 2. The van der Waals surface area contributed by atoms with Crippen LogP contribution in [-0.2, 0) is 6.42 Å². The molecule has 1 aromatic carbocycles. The summed E-state index contributed by atoms with van der Waals surface area (Å²) in [7, 11) is 0. The Bertz CT molecular complexity index is 751. The number of hydrogen-bond donors (Lipinski definition) is 2. The van der Waals surface area contributed by atoms with E-state index in [1.807, 2.05) is 31.2 Å². The zero-order valence-corrected chi connectivity index (χ0v) is 15.7. The minimum atomic E-state index is -0.194. The summed E-state index contributed by atoms with van der Waals surface area (Å²) in [5, 5.41) is 6.43. The molecular formula is C21H28N4O. The monoisotopic (exact) mass is 352 g/mol. The van der Waals surface area contributed by atoms with Gasteiger partial charge in [0.1, 0.15) is 5.69 Å². The average Bonchev–Trinajstić information content (AvgIpc) is 2.90. The van der Waals surface area contributed by atoms with E-state index >= 15 is 0 Å². The Labute approximate surface area is 155 Å². The minimum absolute atomic E-state index is 0.194. The van der Waals surface area contributed by atoms with Crippen LogP contribution in [0.1, 0.15) is 67.2 Å². The lowest BCUT2D eigenvalue weighted by molar-refractivity contribution is 0.102. The van der Waals surface area contributed by atoms with Crippen LogP contribution in [0.15, 0.2) is 30.3 Å². The number of nitrogens with one attached hydrogen (secondary N) is 2. The molecule has 5 heteroatoms. The van der Waals surface area contributed by atoms with Gasteiger partial charge in [-0.05, 0) is 43.9 Å². The molecule has 1 fully saturated rings. The Morgan fingerprint density at radius 3 is 2.58 bits per heavy atom. The van der Waals surface area contributed by atoms with Crippen molar-refractivity contribution in [2.75, 3.05) is 10.6 Å². The fourth-order valence-electron chi connectivity index (χ4n) is 3.49. The van der Waals surface area contributed by atoms with Gasteiger partial charge in [-0.15, -0.1) is 0 Å². The summed E-state index contributed by atoms with van der Waals surface area (Å²) in [6.45, 7) is 3.98. The summed E-state index contributed by atoms with van der Waals surface area (Å²) < 4.78 is 0. The van der Waals surface area contributed by atoms with E-state index in [1.54, 1.807) is 6.07 Å². The van der Waals surface area contributed by atoms with Crippen LogP contribution >= 0.6 is 0 Å². The topological polar surface area (TPSA) is 66.9 Å². The van der Waals surface area contributed by atoms with Crippen molar-refractivity contribution in [3.63, 3.8) is 0 Å². The maximum Gasteiger partial charge on any atom is 0.274 e. The highest BCUT2D eigenvalue weighted by atomic mass is 16.1. The van der Waals surface area contributed by atoms with E-state index in [9.17, 15) is 4.79 Å². The first-order chi connectivity index (χ1) is 12.7. The fraction of sp³-hybridized carbons (Fsp3) is 0.476. The molecule has 0 radical (unpaired) electrons. The number of carbonyl (C=O) groups excluding carboxylic acids is 1. The molecule has 0 unspecified atom stereocenters. The Kier molecular flexibility index (Phi) is 6.21. The van der Waals surface area contributed by atoms with Gasteiger partial charge in [-0.25, -0.2) is 9.97 Å². The van der Waals surface area contributed by atoms with E-state index < -0.39 is 0 Å². The highest BCUT2D eigenvalue weighted by molar-refractivity contribution is 6.03. The predicted octanol–water partition coefficient (Wildman–Crippen LogP) is 4.73. The number of para-hydroxylation sites is 1. The summed E-state index contributed by atoms with van der Waals surface area (Å²) in [6, 6.07) is 10.0. The van der Waals surface area contributed by atoms with Crippen molar-refractivity contribution in [2.24, 2.45) is 0 Å². The molecule has 1 aliphatic rings. The van der Waals surface area contributed by atoms with Crippen LogP contribution in [0.3, 0.4) is 0 Å². The molecule has 0 atom stereocenters. The maximum absolute atomic E-state index is 12.7. The maximum atomic E-state index is 12.7. The van der Waals surface area contributed by atoms with Crippen LogP contribution in [0.4, 0.5) is 11.6 Å². The lowest BCUT2D eigenvalue weighted by Crippen LogP contribution is -2.22. The molecule has 5 nitrogen and oxygen atoms in total. The summed E-state index contributed by atoms with van der Waals surface area (Å²) in [4.78, 5) is 21.7. The standard InChI is InChI=1S/C21H28N4O/c1-3-16-10-8-9-13-18(16)24-20(26)19-14-15(2)22-21(25-19)23-17-11-6-4-5-7-12-17/h8-10,13-14,17H,3-7,11-12H2,1-2H3,(H,24,26)(H,22,23,25). The van der Waals surface area contributed by atoms with Crippen LogP contribution in [0, 0.1) is 6.92 Å². The van der Waals surface area contributed by atoms with E-state index in [-0.39, 0.29) is 5.91 Å². The van der Waals surface area contributed by atoms with Gasteiger partial charge in [0.05, 0.1) is 0 Å². The molecule has 1 aromatic heterocycles. The Hall–Kier alpha value is -2.43. The second-order valence-electron chi connectivity index (χ2n) is 7.02. The van der Waals surface area contributed by atoms with E-state index in [1.165, 1.54) is 25.7 Å². The Morgan fingerprint density at radius 1 is 1.12 bits per heavy atom. The fourth-order valence-corrected chi connectivity index (χ4v) is 3.49. The lowest BCUT2D eigenvalue weighted by Gasteiger charge is -2.17. The van der Waals surface area contributed by atoms with Crippen LogP contribution in [-0.4, -0.2) is 21.9 Å². The minimum Gasteiger partial charge on any atom is -0.351 e. The van der Waals surface area contributed by atoms with Crippen molar-refractivity contribution in [1.82, 2.24) is 9.97 Å². The molecule has 0 aliphatic heterocycles. The van der Waals surface area contributed by atoms with Gasteiger partial charge in [-0.3, -0.25) is 4.79 Å². The second-order valence-corrected chi connectivity index (χ2v) is 7.02. The predicted molar refractivity (Wildman–Crippen MR) is 106 cm³/mol. The number of hydrogen-bond acceptors (Lipinski definition) is 4. The van der Waals surface area contributed by atoms with Gasteiger partial charge in [-0.2, -0.15) is 0 Å². The van der Waals surface area contributed by atoms with Crippen molar-refractivity contribution in [3.05, 3.63) is 47.3 Å². The summed E-state index contributed by atoms with van der Waals surface area (Å²) in [6.07, 6.45) is 8.24. The third kappa shape index (κ3) is 4.81. The highest BCUT2D eigenvalue weighted by Crippen LogP contribution is 2.21. The van der Waals surface area contributed by atoms with Crippen molar-refractivity contribution < 1.29 is 4.79 Å². The molecule has 0 saturated heterocycles. The molecule has 1 aliphatic carbocycles. The van der Waals surface area contributed by atoms with Crippen LogP contribution in [0.2, 0.25) is 0 Å². The lowest BCUT2D eigenvalue weighted by atomic mass is 10.1. The molecule has 1 heterocycles. The number of aromatic nitrogens is 2. The zero-order valence-electron chi connectivity index (χ0n) is 15.7. The zero-order chi connectivity index (χ0) is 18.4. The van der Waals surface area contributed by atoms with Crippen molar-refractivity contribution in [1.29, 1.82) is 0 Å². The summed E-state index contributed by atoms with van der Waals surface area (Å²) >= 11 is 0. The third-order valence-electron chi connectivity index (χ3n) is 4.92. The summed E-state index contributed by atoms with van der Waals surface area (Å²) in [5.74, 6) is 0.367. The van der Waals surface area contributed by atoms with Gasteiger partial charge < -0.3 is 10.6 Å². The first-order valence-electron chi connectivity index (χ1n) is 9.67. The van der Waals surface area contributed by atoms with E-state index in [0.29, 0.717) is 17.7 Å². The number of anilines is 2. The van der Waals surface area contributed by atoms with Crippen LogP contribution in [0.25, 0.3) is 0 Å². The molecule has 0 bridgehead atoms. The normalized spacial score (nSPS) is 15.3.